The minimum atomic E-state index is -0.538. The van der Waals surface area contributed by atoms with Gasteiger partial charge in [0.05, 0.1) is 15.8 Å². The van der Waals surface area contributed by atoms with Gasteiger partial charge in [0.25, 0.3) is 0 Å². The van der Waals surface area contributed by atoms with E-state index in [2.05, 4.69) is 9.97 Å². The van der Waals surface area contributed by atoms with Crippen LogP contribution in [-0.2, 0) is 6.54 Å². The van der Waals surface area contributed by atoms with Crippen molar-refractivity contribution in [2.24, 2.45) is 0 Å². The van der Waals surface area contributed by atoms with Gasteiger partial charge in [-0.3, -0.25) is 10.1 Å². The summed E-state index contributed by atoms with van der Waals surface area (Å²) < 4.78 is 0.665. The van der Waals surface area contributed by atoms with Gasteiger partial charge in [0, 0.05) is 11.9 Å². The normalized spacial score (nSPS) is 10.5. The third-order valence-electron chi connectivity index (χ3n) is 2.30. The van der Waals surface area contributed by atoms with Gasteiger partial charge in [0.15, 0.2) is 0 Å². The van der Waals surface area contributed by atoms with Crippen LogP contribution in [-0.4, -0.2) is 21.9 Å². The Morgan fingerprint density at radius 3 is 2.79 bits per heavy atom. The molecule has 0 aliphatic rings. The van der Waals surface area contributed by atoms with Gasteiger partial charge in [-0.15, -0.1) is 11.3 Å². The summed E-state index contributed by atoms with van der Waals surface area (Å²) in [5.74, 6) is 0.175. The molecule has 2 rings (SSSR count). The van der Waals surface area contributed by atoms with Crippen molar-refractivity contribution in [1.82, 2.24) is 9.97 Å². The first-order valence-corrected chi connectivity index (χ1v) is 6.67. The Kier molecular flexibility index (Phi) is 4.18. The Morgan fingerprint density at radius 2 is 2.21 bits per heavy atom. The fourth-order valence-electron chi connectivity index (χ4n) is 1.50. The van der Waals surface area contributed by atoms with Crippen molar-refractivity contribution in [2.45, 2.75) is 6.54 Å². The number of nitrogens with zero attached hydrogens (tertiary/aromatic N) is 4. The van der Waals surface area contributed by atoms with E-state index in [-0.39, 0.29) is 16.8 Å². The predicted octanol–water partition coefficient (Wildman–Crippen LogP) is 3.39. The second-order valence-corrected chi connectivity index (χ2v) is 5.80. The zero-order valence-corrected chi connectivity index (χ0v) is 12.0. The highest BCUT2D eigenvalue weighted by molar-refractivity contribution is 7.16. The molecule has 100 valence electrons. The molecule has 0 amide bonds. The lowest BCUT2D eigenvalue weighted by Crippen LogP contribution is -2.18. The van der Waals surface area contributed by atoms with Crippen molar-refractivity contribution in [3.8, 4) is 0 Å². The number of thiophene rings is 1. The molecule has 0 radical (unpaired) electrons. The highest BCUT2D eigenvalue weighted by Crippen LogP contribution is 2.28. The smallest absolute Gasteiger partial charge is 0.329 e. The van der Waals surface area contributed by atoms with E-state index in [1.807, 2.05) is 6.07 Å². The fourth-order valence-corrected chi connectivity index (χ4v) is 2.77. The van der Waals surface area contributed by atoms with Crippen molar-refractivity contribution in [2.75, 3.05) is 11.9 Å². The molecule has 19 heavy (non-hydrogen) atoms. The molecule has 2 heterocycles. The molecule has 0 unspecified atom stereocenters. The van der Waals surface area contributed by atoms with Crippen LogP contribution in [0.15, 0.2) is 18.3 Å². The topological polar surface area (TPSA) is 72.2 Å². The van der Waals surface area contributed by atoms with Crippen LogP contribution in [0.25, 0.3) is 0 Å². The third kappa shape index (κ3) is 3.31. The van der Waals surface area contributed by atoms with E-state index in [4.69, 9.17) is 23.2 Å². The third-order valence-corrected chi connectivity index (χ3v) is 3.70. The fraction of sp³-hybridized carbons (Fsp3) is 0.200. The zero-order valence-electron chi connectivity index (χ0n) is 9.71. The molecular weight excluding hydrogens is 311 g/mol. The number of hydrogen-bond acceptors (Lipinski definition) is 6. The molecule has 0 saturated carbocycles. The lowest BCUT2D eigenvalue weighted by Gasteiger charge is -2.16. The van der Waals surface area contributed by atoms with Gasteiger partial charge in [0.2, 0.25) is 11.1 Å². The van der Waals surface area contributed by atoms with Crippen molar-refractivity contribution in [3.05, 3.63) is 42.9 Å². The molecule has 0 N–H and O–H groups in total. The first-order valence-electron chi connectivity index (χ1n) is 5.09. The number of aromatic nitrogens is 2. The van der Waals surface area contributed by atoms with Gasteiger partial charge in [0.1, 0.15) is 6.20 Å². The monoisotopic (exact) mass is 318 g/mol. The molecule has 0 aromatic carbocycles. The molecule has 2 aromatic heterocycles. The van der Waals surface area contributed by atoms with E-state index in [9.17, 15) is 10.1 Å². The summed E-state index contributed by atoms with van der Waals surface area (Å²) in [5.41, 5.74) is -0.186. The van der Waals surface area contributed by atoms with E-state index in [0.717, 1.165) is 11.1 Å². The summed E-state index contributed by atoms with van der Waals surface area (Å²) >= 11 is 12.9. The maximum Gasteiger partial charge on any atom is 0.329 e. The number of anilines is 1. The minimum absolute atomic E-state index is 0.0309. The van der Waals surface area contributed by atoms with Crippen LogP contribution in [0.5, 0.6) is 0 Å². The Hall–Kier alpha value is -1.44. The van der Waals surface area contributed by atoms with Crippen molar-refractivity contribution in [3.63, 3.8) is 0 Å². The quantitative estimate of drug-likeness (QED) is 0.491. The highest BCUT2D eigenvalue weighted by Gasteiger charge is 2.20. The lowest BCUT2D eigenvalue weighted by molar-refractivity contribution is -0.384. The number of nitro groups is 1. The average molecular weight is 319 g/mol. The SMILES string of the molecule is CN(Cc1ccc(Cl)s1)c1nc(Cl)ncc1[N+](=O)[O-]. The van der Waals surface area contributed by atoms with Crippen LogP contribution >= 0.6 is 34.5 Å². The van der Waals surface area contributed by atoms with E-state index in [1.54, 1.807) is 18.0 Å². The summed E-state index contributed by atoms with van der Waals surface area (Å²) in [6.07, 6.45) is 1.10. The Bertz CT molecular complexity index is 619. The molecule has 0 fully saturated rings. The van der Waals surface area contributed by atoms with Crippen molar-refractivity contribution in [1.29, 1.82) is 0 Å². The van der Waals surface area contributed by atoms with E-state index >= 15 is 0 Å². The van der Waals surface area contributed by atoms with Crippen LogP contribution in [0.4, 0.5) is 11.5 Å². The first kappa shape index (κ1) is 14.0. The standard InChI is InChI=1S/C10H8Cl2N4O2S/c1-15(5-6-2-3-8(11)19-6)9-7(16(17)18)4-13-10(12)14-9/h2-4H,5H2,1H3. The van der Waals surface area contributed by atoms with Gasteiger partial charge in [-0.2, -0.15) is 4.98 Å². The summed E-state index contributed by atoms with van der Waals surface area (Å²) in [4.78, 5) is 20.5. The number of halogens is 2. The van der Waals surface area contributed by atoms with Gasteiger partial charge < -0.3 is 4.90 Å². The number of rotatable bonds is 4. The molecular formula is C10H8Cl2N4O2S. The second-order valence-electron chi connectivity index (χ2n) is 3.67. The highest BCUT2D eigenvalue weighted by atomic mass is 35.5. The van der Waals surface area contributed by atoms with E-state index in [1.165, 1.54) is 11.3 Å². The molecule has 9 heteroatoms. The maximum atomic E-state index is 10.9. The van der Waals surface area contributed by atoms with Crippen molar-refractivity contribution < 1.29 is 4.92 Å². The molecule has 6 nitrogen and oxygen atoms in total. The molecule has 0 saturated heterocycles. The average Bonchev–Trinajstić information content (AvgIpc) is 2.74. The zero-order chi connectivity index (χ0) is 14.0. The van der Waals surface area contributed by atoms with Gasteiger partial charge in [-0.1, -0.05) is 11.6 Å². The number of hydrogen-bond donors (Lipinski definition) is 0. The maximum absolute atomic E-state index is 10.9. The molecule has 0 aliphatic carbocycles. The van der Waals surface area contributed by atoms with Crippen LogP contribution in [0.2, 0.25) is 9.62 Å². The van der Waals surface area contributed by atoms with Gasteiger partial charge >= 0.3 is 5.69 Å². The van der Waals surface area contributed by atoms with Crippen LogP contribution in [0.1, 0.15) is 4.88 Å². The van der Waals surface area contributed by atoms with Crippen LogP contribution in [0.3, 0.4) is 0 Å². The lowest BCUT2D eigenvalue weighted by atomic mass is 10.4. The van der Waals surface area contributed by atoms with E-state index in [0.29, 0.717) is 10.9 Å². The molecule has 2 aromatic rings. The summed E-state index contributed by atoms with van der Waals surface area (Å²) in [6, 6.07) is 3.63. The summed E-state index contributed by atoms with van der Waals surface area (Å²) in [5, 5.41) is 10.9. The van der Waals surface area contributed by atoms with Crippen molar-refractivity contribution >= 4 is 46.0 Å². The largest absolute Gasteiger partial charge is 0.349 e. The van der Waals surface area contributed by atoms with Crippen LogP contribution < -0.4 is 4.90 Å². The minimum Gasteiger partial charge on any atom is -0.349 e. The summed E-state index contributed by atoms with van der Waals surface area (Å²) in [6.45, 7) is 0.450. The predicted molar refractivity (Wildman–Crippen MR) is 75.1 cm³/mol. The summed E-state index contributed by atoms with van der Waals surface area (Å²) in [7, 11) is 1.69. The second kappa shape index (κ2) is 5.68. The van der Waals surface area contributed by atoms with Gasteiger partial charge in [-0.05, 0) is 23.7 Å². The Morgan fingerprint density at radius 1 is 1.47 bits per heavy atom. The molecule has 0 aliphatic heterocycles. The van der Waals surface area contributed by atoms with E-state index < -0.39 is 4.92 Å². The first-order chi connectivity index (χ1) is 8.97. The molecule has 0 spiro atoms. The Labute approximate surface area is 122 Å². The van der Waals surface area contributed by atoms with Crippen LogP contribution in [0, 0.1) is 10.1 Å². The Balaban J connectivity index is 2.29. The molecule has 0 atom stereocenters. The molecule has 0 bridgehead atoms. The van der Waals surface area contributed by atoms with Gasteiger partial charge in [-0.25, -0.2) is 4.98 Å².